The van der Waals surface area contributed by atoms with Crippen molar-refractivity contribution < 1.29 is 4.79 Å². The summed E-state index contributed by atoms with van der Waals surface area (Å²) in [4.78, 5) is 17.8. The Labute approximate surface area is 188 Å². The second-order valence-corrected chi connectivity index (χ2v) is 10.8. The van der Waals surface area contributed by atoms with E-state index in [4.69, 9.17) is 0 Å². The van der Waals surface area contributed by atoms with Gasteiger partial charge in [-0.1, -0.05) is 79.1 Å². The highest BCUT2D eigenvalue weighted by Crippen LogP contribution is 2.41. The van der Waals surface area contributed by atoms with Crippen LogP contribution in [0.4, 0.5) is 0 Å². The van der Waals surface area contributed by atoms with Gasteiger partial charge >= 0.3 is 0 Å². The van der Waals surface area contributed by atoms with E-state index in [1.165, 1.54) is 103 Å². The summed E-state index contributed by atoms with van der Waals surface area (Å²) in [5, 5.41) is 0. The van der Waals surface area contributed by atoms with Crippen molar-refractivity contribution in [2.75, 3.05) is 32.7 Å². The van der Waals surface area contributed by atoms with Crippen molar-refractivity contribution in [3.05, 3.63) is 0 Å². The molecular weight excluding hydrogens is 368 g/mol. The van der Waals surface area contributed by atoms with Gasteiger partial charge in [0.2, 0.25) is 5.91 Å². The van der Waals surface area contributed by atoms with Gasteiger partial charge in [0.25, 0.3) is 0 Å². The van der Waals surface area contributed by atoms with Crippen molar-refractivity contribution in [1.29, 1.82) is 0 Å². The van der Waals surface area contributed by atoms with Crippen molar-refractivity contribution >= 4 is 5.91 Å². The van der Waals surface area contributed by atoms with Gasteiger partial charge in [0, 0.05) is 25.6 Å². The minimum Gasteiger partial charge on any atom is -0.342 e. The predicted molar refractivity (Wildman–Crippen MR) is 130 cm³/mol. The molecule has 2 unspecified atom stereocenters. The molecule has 0 aromatic rings. The summed E-state index contributed by atoms with van der Waals surface area (Å²) in [6.07, 6.45) is 18.3. The number of rotatable bonds is 13. The average molecular weight is 421 g/mol. The average Bonchev–Trinajstić information content (AvgIpc) is 2.76. The van der Waals surface area contributed by atoms with E-state index in [0.717, 1.165) is 25.4 Å². The fourth-order valence-electron chi connectivity index (χ4n) is 5.68. The minimum absolute atomic E-state index is 0.219. The molecule has 2 aliphatic rings. The number of hydrogen-bond donors (Lipinski definition) is 0. The number of carbonyl (C=O) groups is 1. The quantitative estimate of drug-likeness (QED) is 0.302. The number of likely N-dealkylation sites (tertiary alicyclic amines) is 2. The molecule has 2 rings (SSSR count). The number of unbranched alkanes of at least 4 members (excludes halogenated alkanes) is 6. The van der Waals surface area contributed by atoms with Gasteiger partial charge in [-0.05, 0) is 62.9 Å². The third-order valence-corrected chi connectivity index (χ3v) is 8.09. The number of piperidine rings is 2. The van der Waals surface area contributed by atoms with Crippen molar-refractivity contribution in [2.45, 2.75) is 118 Å². The molecule has 0 radical (unpaired) electrons. The Kier molecular flexibility index (Phi) is 11.8. The molecule has 0 aliphatic carbocycles. The second kappa shape index (κ2) is 13.8. The summed E-state index contributed by atoms with van der Waals surface area (Å²) in [5.74, 6) is 1.49. The highest BCUT2D eigenvalue weighted by atomic mass is 16.2. The summed E-state index contributed by atoms with van der Waals surface area (Å²) >= 11 is 0. The molecule has 0 N–H and O–H groups in total. The van der Waals surface area contributed by atoms with Crippen LogP contribution in [0.25, 0.3) is 0 Å². The van der Waals surface area contributed by atoms with Crippen molar-refractivity contribution in [3.63, 3.8) is 0 Å². The van der Waals surface area contributed by atoms with Crippen LogP contribution in [0.3, 0.4) is 0 Å². The molecule has 0 aromatic heterocycles. The summed E-state index contributed by atoms with van der Waals surface area (Å²) < 4.78 is 0. The largest absolute Gasteiger partial charge is 0.342 e. The summed E-state index contributed by atoms with van der Waals surface area (Å²) in [7, 11) is 0. The Balaban J connectivity index is 1.64. The first-order valence-electron chi connectivity index (χ1n) is 13.5. The van der Waals surface area contributed by atoms with E-state index in [1.807, 2.05) is 0 Å². The van der Waals surface area contributed by atoms with Gasteiger partial charge in [0.15, 0.2) is 0 Å². The van der Waals surface area contributed by atoms with Crippen molar-refractivity contribution in [2.24, 2.45) is 17.3 Å². The molecule has 2 saturated heterocycles. The van der Waals surface area contributed by atoms with E-state index in [1.54, 1.807) is 0 Å². The molecule has 3 heteroatoms. The van der Waals surface area contributed by atoms with Crippen LogP contribution in [0.2, 0.25) is 0 Å². The monoisotopic (exact) mass is 420 g/mol. The van der Waals surface area contributed by atoms with Crippen LogP contribution < -0.4 is 0 Å². The fourth-order valence-corrected chi connectivity index (χ4v) is 5.68. The maximum Gasteiger partial charge on any atom is 0.225 e. The molecule has 0 aromatic carbocycles. The minimum atomic E-state index is 0.219. The van der Waals surface area contributed by atoms with Crippen LogP contribution in [0, 0.1) is 17.3 Å². The number of hydrogen-bond acceptors (Lipinski definition) is 2. The Morgan fingerprint density at radius 1 is 0.767 bits per heavy atom. The SMILES string of the molecule is CCCCCCC(C)CN1CCC2(CC1)CCN(C(=O)C(C)CCCCCC)CC2. The second-order valence-electron chi connectivity index (χ2n) is 10.8. The molecule has 0 bridgehead atoms. The molecule has 2 atom stereocenters. The van der Waals surface area contributed by atoms with E-state index in [9.17, 15) is 4.79 Å². The maximum atomic E-state index is 12.9. The lowest BCUT2D eigenvalue weighted by Crippen LogP contribution is -2.49. The molecule has 2 heterocycles. The first-order valence-corrected chi connectivity index (χ1v) is 13.5. The zero-order valence-corrected chi connectivity index (χ0v) is 20.9. The third kappa shape index (κ3) is 8.52. The van der Waals surface area contributed by atoms with Crippen LogP contribution in [0.1, 0.15) is 118 Å². The van der Waals surface area contributed by atoms with Gasteiger partial charge in [-0.25, -0.2) is 0 Å². The van der Waals surface area contributed by atoms with E-state index < -0.39 is 0 Å². The van der Waals surface area contributed by atoms with Crippen LogP contribution in [-0.4, -0.2) is 48.4 Å². The highest BCUT2D eigenvalue weighted by molar-refractivity contribution is 5.78. The standard InChI is InChI=1S/C27H52N2O/c1-5-7-9-11-13-24(3)23-28-19-15-27(16-20-28)17-21-29(22-18-27)26(30)25(4)14-12-10-8-6-2/h24-25H,5-23H2,1-4H3. The molecule has 176 valence electrons. The van der Waals surface area contributed by atoms with Gasteiger partial charge in [0.05, 0.1) is 0 Å². The van der Waals surface area contributed by atoms with Crippen LogP contribution in [-0.2, 0) is 4.79 Å². The molecule has 0 saturated carbocycles. The van der Waals surface area contributed by atoms with E-state index in [0.29, 0.717) is 11.3 Å². The van der Waals surface area contributed by atoms with Gasteiger partial charge < -0.3 is 9.80 Å². The Morgan fingerprint density at radius 2 is 1.30 bits per heavy atom. The lowest BCUT2D eigenvalue weighted by molar-refractivity contribution is -0.138. The zero-order chi connectivity index (χ0) is 21.8. The zero-order valence-electron chi connectivity index (χ0n) is 20.9. The topological polar surface area (TPSA) is 23.6 Å². The van der Waals surface area contributed by atoms with E-state index in [2.05, 4.69) is 37.5 Å². The van der Waals surface area contributed by atoms with E-state index >= 15 is 0 Å². The Hall–Kier alpha value is -0.570. The summed E-state index contributed by atoms with van der Waals surface area (Å²) in [6.45, 7) is 15.0. The fraction of sp³-hybridized carbons (Fsp3) is 0.963. The number of carbonyl (C=O) groups excluding carboxylic acids is 1. The molecular formula is C27H52N2O. The van der Waals surface area contributed by atoms with E-state index in [-0.39, 0.29) is 5.92 Å². The number of amides is 1. The molecule has 2 aliphatic heterocycles. The molecule has 3 nitrogen and oxygen atoms in total. The molecule has 1 amide bonds. The van der Waals surface area contributed by atoms with Crippen molar-refractivity contribution in [1.82, 2.24) is 9.80 Å². The van der Waals surface area contributed by atoms with Crippen LogP contribution >= 0.6 is 0 Å². The van der Waals surface area contributed by atoms with Crippen molar-refractivity contribution in [3.8, 4) is 0 Å². The molecule has 30 heavy (non-hydrogen) atoms. The summed E-state index contributed by atoms with van der Waals surface area (Å²) in [5.41, 5.74) is 0.530. The smallest absolute Gasteiger partial charge is 0.225 e. The van der Waals surface area contributed by atoms with Gasteiger partial charge in [-0.2, -0.15) is 0 Å². The van der Waals surface area contributed by atoms with Crippen LogP contribution in [0.5, 0.6) is 0 Å². The first-order chi connectivity index (χ1) is 14.5. The third-order valence-electron chi connectivity index (χ3n) is 8.09. The number of nitrogens with zero attached hydrogens (tertiary/aromatic N) is 2. The first kappa shape index (κ1) is 25.7. The molecule has 1 spiro atoms. The lowest BCUT2D eigenvalue weighted by Gasteiger charge is -2.47. The Morgan fingerprint density at radius 3 is 1.87 bits per heavy atom. The predicted octanol–water partition coefficient (Wildman–Crippen LogP) is 6.90. The molecule has 2 fully saturated rings. The van der Waals surface area contributed by atoms with Gasteiger partial charge in [0.1, 0.15) is 0 Å². The normalized spacial score (nSPS) is 21.7. The van der Waals surface area contributed by atoms with Gasteiger partial charge in [-0.3, -0.25) is 4.79 Å². The van der Waals surface area contributed by atoms with Gasteiger partial charge in [-0.15, -0.1) is 0 Å². The highest BCUT2D eigenvalue weighted by Gasteiger charge is 2.39. The van der Waals surface area contributed by atoms with Crippen LogP contribution in [0.15, 0.2) is 0 Å². The lowest BCUT2D eigenvalue weighted by atomic mass is 9.71. The Bertz CT molecular complexity index is 459. The maximum absolute atomic E-state index is 12.9. The summed E-state index contributed by atoms with van der Waals surface area (Å²) in [6, 6.07) is 0.